The van der Waals surface area contributed by atoms with Crippen LogP contribution in [0.3, 0.4) is 0 Å². The van der Waals surface area contributed by atoms with Gasteiger partial charge < -0.3 is 9.88 Å². The van der Waals surface area contributed by atoms with E-state index in [4.69, 9.17) is 0 Å². The summed E-state index contributed by atoms with van der Waals surface area (Å²) in [6.07, 6.45) is 1.54. The van der Waals surface area contributed by atoms with Crippen LogP contribution < -0.4 is 5.32 Å². The number of nitrogens with one attached hydrogen (secondary N) is 1. The molecular formula is C12H7BrF4N2O. The summed E-state index contributed by atoms with van der Waals surface area (Å²) in [6.45, 7) is 0. The predicted octanol–water partition coefficient (Wildman–Crippen LogP) is 3.60. The number of hydrogen-bond acceptors (Lipinski definition) is 1. The molecule has 0 bridgehead atoms. The molecule has 0 aliphatic heterocycles. The molecule has 0 radical (unpaired) electrons. The molecule has 1 aromatic heterocycles. The van der Waals surface area contributed by atoms with Crippen LogP contribution in [-0.2, 0) is 7.05 Å². The van der Waals surface area contributed by atoms with E-state index in [9.17, 15) is 22.4 Å². The summed E-state index contributed by atoms with van der Waals surface area (Å²) in [4.78, 5) is 11.8. The van der Waals surface area contributed by atoms with Crippen molar-refractivity contribution in [1.29, 1.82) is 0 Å². The number of benzene rings is 1. The number of anilines is 1. The first-order valence-corrected chi connectivity index (χ1v) is 6.06. The average molecular weight is 351 g/mol. The largest absolute Gasteiger partial charge is 0.345 e. The summed E-state index contributed by atoms with van der Waals surface area (Å²) >= 11 is 3.12. The number of nitrogens with zero attached hydrogens (tertiary/aromatic N) is 1. The fourth-order valence-corrected chi connectivity index (χ4v) is 2.13. The molecule has 0 aliphatic rings. The highest BCUT2D eigenvalue weighted by atomic mass is 79.9. The van der Waals surface area contributed by atoms with Gasteiger partial charge in [-0.15, -0.1) is 0 Å². The number of amides is 1. The minimum atomic E-state index is -1.66. The number of carbonyl (C=O) groups excluding carboxylic acids is 1. The van der Waals surface area contributed by atoms with E-state index in [0.29, 0.717) is 4.47 Å². The summed E-state index contributed by atoms with van der Waals surface area (Å²) < 4.78 is 54.8. The standard InChI is InChI=1S/C12H7BrF4N2O/c1-19-4-5(13)2-8(19)12(20)18-11-9(16)6(14)3-7(15)10(11)17/h2-4H,1H3,(H,18,20). The van der Waals surface area contributed by atoms with E-state index < -0.39 is 34.9 Å². The van der Waals surface area contributed by atoms with E-state index in [-0.39, 0.29) is 11.8 Å². The molecule has 1 aromatic carbocycles. The molecule has 20 heavy (non-hydrogen) atoms. The van der Waals surface area contributed by atoms with E-state index >= 15 is 0 Å². The van der Waals surface area contributed by atoms with Crippen molar-refractivity contribution in [3.8, 4) is 0 Å². The summed E-state index contributed by atoms with van der Waals surface area (Å²) in [5.41, 5.74) is -1.11. The molecule has 0 spiro atoms. The monoisotopic (exact) mass is 350 g/mol. The second-order valence-electron chi connectivity index (χ2n) is 3.95. The van der Waals surface area contributed by atoms with Gasteiger partial charge in [-0.25, -0.2) is 17.6 Å². The van der Waals surface area contributed by atoms with Gasteiger partial charge in [-0.3, -0.25) is 4.79 Å². The van der Waals surface area contributed by atoms with Crippen LogP contribution in [0.1, 0.15) is 10.5 Å². The van der Waals surface area contributed by atoms with Crippen LogP contribution >= 0.6 is 15.9 Å². The fourth-order valence-electron chi connectivity index (χ4n) is 1.61. The molecule has 1 amide bonds. The Morgan fingerprint density at radius 3 is 2.15 bits per heavy atom. The second kappa shape index (κ2) is 5.28. The third-order valence-corrected chi connectivity index (χ3v) is 2.99. The van der Waals surface area contributed by atoms with E-state index in [1.807, 2.05) is 5.32 Å². The van der Waals surface area contributed by atoms with Crippen molar-refractivity contribution < 1.29 is 22.4 Å². The molecule has 1 N–H and O–H groups in total. The van der Waals surface area contributed by atoms with E-state index in [2.05, 4.69) is 15.9 Å². The number of hydrogen-bond donors (Lipinski definition) is 1. The van der Waals surface area contributed by atoms with Crippen LogP contribution in [0.25, 0.3) is 0 Å². The Labute approximate surface area is 119 Å². The van der Waals surface area contributed by atoms with Gasteiger partial charge in [0.25, 0.3) is 5.91 Å². The van der Waals surface area contributed by atoms with E-state index in [0.717, 1.165) is 0 Å². The Balaban J connectivity index is 2.40. The highest BCUT2D eigenvalue weighted by molar-refractivity contribution is 9.10. The Hall–Kier alpha value is -1.83. The predicted molar refractivity (Wildman–Crippen MR) is 67.3 cm³/mol. The summed E-state index contributed by atoms with van der Waals surface area (Å²) in [7, 11) is 1.53. The molecule has 1 heterocycles. The van der Waals surface area contributed by atoms with Crippen molar-refractivity contribution in [2.24, 2.45) is 7.05 Å². The number of aryl methyl sites for hydroxylation is 1. The molecule has 0 aliphatic carbocycles. The van der Waals surface area contributed by atoms with Crippen LogP contribution in [0.2, 0.25) is 0 Å². The lowest BCUT2D eigenvalue weighted by atomic mass is 10.2. The molecule has 3 nitrogen and oxygen atoms in total. The van der Waals surface area contributed by atoms with Crippen LogP contribution in [0.4, 0.5) is 23.2 Å². The van der Waals surface area contributed by atoms with E-state index in [1.165, 1.54) is 23.9 Å². The Kier molecular flexibility index (Phi) is 3.85. The van der Waals surface area contributed by atoms with Gasteiger partial charge in [-0.05, 0) is 22.0 Å². The van der Waals surface area contributed by atoms with Crippen molar-refractivity contribution in [3.63, 3.8) is 0 Å². The maximum absolute atomic E-state index is 13.4. The molecule has 2 aromatic rings. The maximum Gasteiger partial charge on any atom is 0.272 e. The first-order valence-electron chi connectivity index (χ1n) is 5.27. The zero-order valence-electron chi connectivity index (χ0n) is 9.98. The van der Waals surface area contributed by atoms with Gasteiger partial charge in [0.2, 0.25) is 0 Å². The Morgan fingerprint density at radius 2 is 1.70 bits per heavy atom. The second-order valence-corrected chi connectivity index (χ2v) is 4.87. The maximum atomic E-state index is 13.4. The van der Waals surface area contributed by atoms with Crippen molar-refractivity contribution >= 4 is 27.5 Å². The van der Waals surface area contributed by atoms with Gasteiger partial charge in [0, 0.05) is 23.8 Å². The first-order chi connectivity index (χ1) is 9.31. The third kappa shape index (κ3) is 2.55. The normalized spacial score (nSPS) is 10.7. The molecular weight excluding hydrogens is 344 g/mol. The molecule has 106 valence electrons. The van der Waals surface area contributed by atoms with Crippen molar-refractivity contribution in [2.45, 2.75) is 0 Å². The highest BCUT2D eigenvalue weighted by Crippen LogP contribution is 2.25. The van der Waals surface area contributed by atoms with Gasteiger partial charge in [-0.1, -0.05) is 0 Å². The topological polar surface area (TPSA) is 34.0 Å². The lowest BCUT2D eigenvalue weighted by Gasteiger charge is -2.09. The van der Waals surface area contributed by atoms with Gasteiger partial charge >= 0.3 is 0 Å². The SMILES string of the molecule is Cn1cc(Br)cc1C(=O)Nc1c(F)c(F)cc(F)c1F. The lowest BCUT2D eigenvalue weighted by Crippen LogP contribution is -2.18. The molecule has 8 heteroatoms. The zero-order chi connectivity index (χ0) is 15.0. The zero-order valence-corrected chi connectivity index (χ0v) is 11.6. The molecule has 0 saturated heterocycles. The molecule has 0 unspecified atom stereocenters. The van der Waals surface area contributed by atoms with Gasteiger partial charge in [0.05, 0.1) is 0 Å². The number of aromatic nitrogens is 1. The van der Waals surface area contributed by atoms with Crippen molar-refractivity contribution in [3.05, 3.63) is 51.8 Å². The van der Waals surface area contributed by atoms with Gasteiger partial charge in [0.15, 0.2) is 23.3 Å². The highest BCUT2D eigenvalue weighted by Gasteiger charge is 2.22. The van der Waals surface area contributed by atoms with Crippen molar-refractivity contribution in [1.82, 2.24) is 4.57 Å². The molecule has 0 fully saturated rings. The summed E-state index contributed by atoms with van der Waals surface area (Å²) in [5.74, 6) is -7.41. The van der Waals surface area contributed by atoms with Gasteiger partial charge in [0.1, 0.15) is 11.4 Å². The van der Waals surface area contributed by atoms with E-state index in [1.54, 1.807) is 0 Å². The Morgan fingerprint density at radius 1 is 1.15 bits per heavy atom. The molecule has 0 saturated carbocycles. The molecule has 2 rings (SSSR count). The number of carbonyl (C=O) groups is 1. The third-order valence-electron chi connectivity index (χ3n) is 2.55. The Bertz CT molecular complexity index is 673. The van der Waals surface area contributed by atoms with Crippen LogP contribution in [0, 0.1) is 23.3 Å². The number of rotatable bonds is 2. The minimum Gasteiger partial charge on any atom is -0.345 e. The number of halogens is 5. The average Bonchev–Trinajstić information content (AvgIpc) is 2.71. The quantitative estimate of drug-likeness (QED) is 0.651. The fraction of sp³-hybridized carbons (Fsp3) is 0.0833. The van der Waals surface area contributed by atoms with Gasteiger partial charge in [-0.2, -0.15) is 0 Å². The first kappa shape index (κ1) is 14.6. The molecule has 0 atom stereocenters. The summed E-state index contributed by atoms with van der Waals surface area (Å²) in [5, 5.41) is 1.82. The van der Waals surface area contributed by atoms with Crippen molar-refractivity contribution in [2.75, 3.05) is 5.32 Å². The smallest absolute Gasteiger partial charge is 0.272 e. The van der Waals surface area contributed by atoms with Crippen LogP contribution in [0.15, 0.2) is 22.8 Å². The summed E-state index contributed by atoms with van der Waals surface area (Å²) in [6, 6.07) is 1.46. The lowest BCUT2D eigenvalue weighted by molar-refractivity contribution is 0.101. The minimum absolute atomic E-state index is 0.0559. The van der Waals surface area contributed by atoms with Crippen LogP contribution in [-0.4, -0.2) is 10.5 Å². The van der Waals surface area contributed by atoms with Crippen LogP contribution in [0.5, 0.6) is 0 Å².